The summed E-state index contributed by atoms with van der Waals surface area (Å²) in [4.78, 5) is 7.11. The highest BCUT2D eigenvalue weighted by molar-refractivity contribution is 6.14. The quantitative estimate of drug-likeness (QED) is 0.337. The number of benzene rings is 2. The largest absolute Gasteiger partial charge is 0.492 e. The number of H-pyrrole nitrogens is 1. The van der Waals surface area contributed by atoms with E-state index in [0.29, 0.717) is 29.4 Å². The molecule has 1 aliphatic carbocycles. The van der Waals surface area contributed by atoms with Crippen LogP contribution in [0, 0.1) is 11.3 Å². The Bertz CT molecular complexity index is 1110. The number of piperidine rings is 1. The second kappa shape index (κ2) is 9.75. The lowest BCUT2D eigenvalue weighted by molar-refractivity contribution is 0.183. The molecular formula is C26H32N6O. The van der Waals surface area contributed by atoms with Crippen molar-refractivity contribution in [2.24, 2.45) is 5.92 Å². The smallest absolute Gasteiger partial charge is 0.181 e. The van der Waals surface area contributed by atoms with Crippen molar-refractivity contribution < 1.29 is 4.74 Å². The molecule has 1 aliphatic heterocycles. The molecule has 0 unspecified atom stereocenters. The summed E-state index contributed by atoms with van der Waals surface area (Å²) in [5.41, 5.74) is 9.50. The number of nitrogen functional groups attached to an aromatic ring is 1. The lowest BCUT2D eigenvalue weighted by atomic mass is 9.98. The van der Waals surface area contributed by atoms with E-state index in [0.717, 1.165) is 54.7 Å². The normalized spacial score (nSPS) is 16.6. The molecule has 5 rings (SSSR count). The number of anilines is 1. The van der Waals surface area contributed by atoms with Crippen LogP contribution in [-0.2, 0) is 6.42 Å². The van der Waals surface area contributed by atoms with Crippen LogP contribution in [0.5, 0.6) is 5.75 Å². The number of aromatic nitrogens is 3. The first-order valence-electron chi connectivity index (χ1n) is 12.0. The van der Waals surface area contributed by atoms with Crippen LogP contribution in [0.15, 0.2) is 42.5 Å². The highest BCUT2D eigenvalue weighted by Crippen LogP contribution is 2.32. The molecule has 2 aromatic carbocycles. The summed E-state index contributed by atoms with van der Waals surface area (Å²) in [6.45, 7) is 3.92. The van der Waals surface area contributed by atoms with E-state index >= 15 is 0 Å². The molecular weight excluding hydrogens is 412 g/mol. The molecule has 2 heterocycles. The van der Waals surface area contributed by atoms with Gasteiger partial charge in [-0.05, 0) is 75.0 Å². The highest BCUT2D eigenvalue weighted by atomic mass is 16.5. The molecule has 1 aromatic heterocycles. The lowest BCUT2D eigenvalue weighted by Crippen LogP contribution is -2.33. The van der Waals surface area contributed by atoms with Crippen molar-refractivity contribution in [3.8, 4) is 17.1 Å². The van der Waals surface area contributed by atoms with Gasteiger partial charge >= 0.3 is 0 Å². The summed E-state index contributed by atoms with van der Waals surface area (Å²) >= 11 is 0. The Balaban J connectivity index is 1.28. The topological polar surface area (TPSA) is 104 Å². The second-order valence-electron chi connectivity index (χ2n) is 9.21. The Morgan fingerprint density at radius 2 is 1.97 bits per heavy atom. The van der Waals surface area contributed by atoms with E-state index in [1.54, 1.807) is 0 Å². The van der Waals surface area contributed by atoms with Gasteiger partial charge in [0, 0.05) is 35.3 Å². The maximum Gasteiger partial charge on any atom is 0.181 e. The monoisotopic (exact) mass is 444 g/mol. The van der Waals surface area contributed by atoms with Crippen molar-refractivity contribution in [2.75, 3.05) is 32.0 Å². The molecule has 3 aromatic rings. The Kier molecular flexibility index (Phi) is 6.39. The summed E-state index contributed by atoms with van der Waals surface area (Å²) in [5, 5.41) is 16.3. The fraction of sp³-hybridized carbons (Fsp3) is 0.423. The maximum atomic E-state index is 8.82. The molecule has 2 aliphatic rings. The number of aromatic amines is 1. The zero-order chi connectivity index (χ0) is 22.6. The predicted molar refractivity (Wildman–Crippen MR) is 131 cm³/mol. The van der Waals surface area contributed by atoms with Gasteiger partial charge in [0.15, 0.2) is 5.82 Å². The average Bonchev–Trinajstić information content (AvgIpc) is 3.54. The molecule has 0 radical (unpaired) electrons. The molecule has 7 heteroatoms. The standard InChI is InChI=1S/C26H32N6O/c27-23-10-9-20(26-29-24(30-31-26)15-18-7-8-18)17-22(23)25(28)19-5-4-6-21(16-19)33-14-13-32-11-2-1-3-12-32/h4-6,9-10,16-18,28H,1-3,7-8,11-15,27H2,(H,29,30,31). The fourth-order valence-electron chi connectivity index (χ4n) is 4.40. The van der Waals surface area contributed by atoms with Crippen LogP contribution < -0.4 is 10.5 Å². The SMILES string of the molecule is N=C(c1cccc(OCCN2CCCCC2)c1)c1cc(-c2n[nH]c(CC3CC3)n2)ccc1N. The fourth-order valence-corrected chi connectivity index (χ4v) is 4.40. The van der Waals surface area contributed by atoms with E-state index in [9.17, 15) is 0 Å². The molecule has 2 fully saturated rings. The van der Waals surface area contributed by atoms with E-state index in [1.807, 2.05) is 42.5 Å². The molecule has 0 amide bonds. The lowest BCUT2D eigenvalue weighted by Gasteiger charge is -2.26. The molecule has 0 atom stereocenters. The van der Waals surface area contributed by atoms with Crippen molar-refractivity contribution in [1.29, 1.82) is 5.41 Å². The molecule has 7 nitrogen and oxygen atoms in total. The van der Waals surface area contributed by atoms with Crippen molar-refractivity contribution >= 4 is 11.4 Å². The molecule has 33 heavy (non-hydrogen) atoms. The van der Waals surface area contributed by atoms with Crippen LogP contribution in [0.25, 0.3) is 11.4 Å². The Hall–Kier alpha value is -3.19. The number of nitrogens with one attached hydrogen (secondary N) is 2. The molecule has 4 N–H and O–H groups in total. The van der Waals surface area contributed by atoms with Crippen LogP contribution in [0.2, 0.25) is 0 Å². The van der Waals surface area contributed by atoms with E-state index in [4.69, 9.17) is 15.9 Å². The average molecular weight is 445 g/mol. The Labute approximate surface area is 194 Å². The minimum absolute atomic E-state index is 0.365. The zero-order valence-electron chi connectivity index (χ0n) is 19.0. The summed E-state index contributed by atoms with van der Waals surface area (Å²) in [6, 6.07) is 13.4. The van der Waals surface area contributed by atoms with Crippen molar-refractivity contribution in [1.82, 2.24) is 20.1 Å². The molecule has 1 saturated carbocycles. The molecule has 1 saturated heterocycles. The van der Waals surface area contributed by atoms with Crippen LogP contribution in [0.3, 0.4) is 0 Å². The number of nitrogens with zero attached hydrogens (tertiary/aromatic N) is 3. The zero-order valence-corrected chi connectivity index (χ0v) is 19.0. The van der Waals surface area contributed by atoms with E-state index in [-0.39, 0.29) is 0 Å². The van der Waals surface area contributed by atoms with E-state index < -0.39 is 0 Å². The highest BCUT2D eigenvalue weighted by Gasteiger charge is 2.23. The molecule has 0 bridgehead atoms. The van der Waals surface area contributed by atoms with Gasteiger partial charge < -0.3 is 10.5 Å². The van der Waals surface area contributed by atoms with E-state index in [1.165, 1.54) is 32.1 Å². The van der Waals surface area contributed by atoms with Gasteiger partial charge in [0.25, 0.3) is 0 Å². The number of nitrogens with two attached hydrogens (primary N) is 1. The van der Waals surface area contributed by atoms with Crippen molar-refractivity contribution in [2.45, 2.75) is 38.5 Å². The van der Waals surface area contributed by atoms with Crippen LogP contribution >= 0.6 is 0 Å². The van der Waals surface area contributed by atoms with Crippen LogP contribution in [-0.4, -0.2) is 52.0 Å². The van der Waals surface area contributed by atoms with Gasteiger partial charge in [-0.3, -0.25) is 15.4 Å². The van der Waals surface area contributed by atoms with Crippen LogP contribution in [0.4, 0.5) is 5.69 Å². The van der Waals surface area contributed by atoms with Gasteiger partial charge in [-0.2, -0.15) is 5.10 Å². The second-order valence-corrected chi connectivity index (χ2v) is 9.21. The van der Waals surface area contributed by atoms with Crippen LogP contribution in [0.1, 0.15) is 49.1 Å². The number of likely N-dealkylation sites (tertiary alicyclic amines) is 1. The van der Waals surface area contributed by atoms with Gasteiger partial charge in [0.2, 0.25) is 0 Å². The summed E-state index contributed by atoms with van der Waals surface area (Å²) in [7, 11) is 0. The first kappa shape index (κ1) is 21.6. The van der Waals surface area contributed by atoms with Gasteiger partial charge in [-0.25, -0.2) is 4.98 Å². The predicted octanol–water partition coefficient (Wildman–Crippen LogP) is 4.29. The van der Waals surface area contributed by atoms with Gasteiger partial charge in [-0.1, -0.05) is 18.6 Å². The number of hydrogen-bond acceptors (Lipinski definition) is 6. The first-order chi connectivity index (χ1) is 16.2. The summed E-state index contributed by atoms with van der Waals surface area (Å²) < 4.78 is 6.00. The first-order valence-corrected chi connectivity index (χ1v) is 12.0. The minimum atomic E-state index is 0.365. The number of hydrogen-bond donors (Lipinski definition) is 3. The third-order valence-corrected chi connectivity index (χ3v) is 6.54. The van der Waals surface area contributed by atoms with Gasteiger partial charge in [0.05, 0.1) is 5.71 Å². The van der Waals surface area contributed by atoms with E-state index in [2.05, 4.69) is 20.1 Å². The third-order valence-electron chi connectivity index (χ3n) is 6.54. The van der Waals surface area contributed by atoms with Gasteiger partial charge in [0.1, 0.15) is 18.2 Å². The molecule has 172 valence electrons. The number of rotatable bonds is 9. The Morgan fingerprint density at radius 1 is 1.12 bits per heavy atom. The maximum absolute atomic E-state index is 8.82. The number of ether oxygens (including phenoxy) is 1. The van der Waals surface area contributed by atoms with Gasteiger partial charge in [-0.15, -0.1) is 0 Å². The third kappa shape index (κ3) is 5.42. The van der Waals surface area contributed by atoms with Crippen molar-refractivity contribution in [3.05, 3.63) is 59.4 Å². The Morgan fingerprint density at radius 3 is 2.79 bits per heavy atom. The molecule has 0 spiro atoms. The minimum Gasteiger partial charge on any atom is -0.492 e. The summed E-state index contributed by atoms with van der Waals surface area (Å²) in [5.74, 6) is 3.10. The van der Waals surface area contributed by atoms with Crippen molar-refractivity contribution in [3.63, 3.8) is 0 Å². The summed E-state index contributed by atoms with van der Waals surface area (Å²) in [6.07, 6.45) is 7.41.